The number of alkyl halides is 8. The molecule has 202 valence electrons. The summed E-state index contributed by atoms with van der Waals surface area (Å²) in [7, 11) is -4.68. The van der Waals surface area contributed by atoms with Crippen LogP contribution in [0.1, 0.15) is 28.5 Å². The third kappa shape index (κ3) is 2.68. The molecule has 0 aromatic heterocycles. The van der Waals surface area contributed by atoms with E-state index in [9.17, 15) is 13.0 Å². The molecule has 0 radical (unpaired) electrons. The Hall–Kier alpha value is 2.09. The molecule has 0 unspecified atom stereocenters. The molecule has 0 spiro atoms. The summed E-state index contributed by atoms with van der Waals surface area (Å²) in [5.74, 6) is -3.81. The first-order valence-electron chi connectivity index (χ1n) is 10.4. The van der Waals surface area contributed by atoms with Gasteiger partial charge in [0.05, 0.1) is 25.0 Å². The van der Waals surface area contributed by atoms with E-state index in [4.69, 9.17) is 139 Å². The van der Waals surface area contributed by atoms with Crippen LogP contribution in [0.4, 0.5) is 0 Å². The molecule has 0 aliphatic heterocycles. The SMILES string of the molecule is Cc1cc2c(cc1S(=O)(=O)O)[C@@H]1[C@@H]([C@@H]3[C@@H]2[C@]2(Cl)C(Cl)=C(Cl)[C@]3(Cl)C2(Cl)Cl)[C@]2(Cl)C(Cl)=C(Cl)[C@]1(Cl)C2(Cl)Cl. The molecule has 1 aromatic rings. The second kappa shape index (κ2) is 7.78. The predicted molar refractivity (Wildman–Crippen MR) is 154 cm³/mol. The summed E-state index contributed by atoms with van der Waals surface area (Å²) in [6, 6.07) is 2.78. The highest BCUT2D eigenvalue weighted by molar-refractivity contribution is 7.85. The number of benzene rings is 1. The molecule has 0 amide bonds. The van der Waals surface area contributed by atoms with Crippen molar-refractivity contribution in [1.29, 1.82) is 0 Å². The maximum absolute atomic E-state index is 12.3. The molecule has 37 heavy (non-hydrogen) atoms. The number of aryl methyl sites for hydroxylation is 1. The molecule has 4 bridgehead atoms. The van der Waals surface area contributed by atoms with Gasteiger partial charge in [-0.05, 0) is 29.7 Å². The Balaban J connectivity index is 1.82. The maximum atomic E-state index is 12.3. The molecule has 5 aliphatic rings. The minimum atomic E-state index is -4.68. The fourth-order valence-electron chi connectivity index (χ4n) is 7.32. The number of allylic oxidation sites excluding steroid dienone is 4. The van der Waals surface area contributed by atoms with E-state index < -0.39 is 62.0 Å². The van der Waals surface area contributed by atoms with Gasteiger partial charge in [-0.1, -0.05) is 98.9 Å². The van der Waals surface area contributed by atoms with Crippen molar-refractivity contribution in [3.05, 3.63) is 49.0 Å². The van der Waals surface area contributed by atoms with E-state index in [1.54, 1.807) is 0 Å². The molecular formula is C21H10Cl12O3S. The van der Waals surface area contributed by atoms with E-state index in [-0.39, 0.29) is 36.2 Å². The zero-order valence-corrected chi connectivity index (χ0v) is 27.6. The van der Waals surface area contributed by atoms with Crippen molar-refractivity contribution < 1.29 is 13.0 Å². The number of fused-ring (bicyclic) bond motifs is 14. The molecule has 2 fully saturated rings. The van der Waals surface area contributed by atoms with Gasteiger partial charge in [0.2, 0.25) is 0 Å². The third-order valence-corrected chi connectivity index (χ3v) is 18.2. The standard InChI is InChI=1S/C21H10Cl12O3S/c1-4-2-5-6(3-7(4)37(34,35)36)9-11(19(29)15(25)13(23)17(9,27)21(19,32)33)10-8(5)16(26)12(22)14(24)18(10,28)20(16,30)31/h2-3,8-11H,1H3,(H,34,35,36)/t8-,9-,10+,11+,16+,17+,18+,19+/m1/s1. The van der Waals surface area contributed by atoms with Crippen LogP contribution in [-0.2, 0) is 10.1 Å². The Morgan fingerprint density at radius 2 is 0.973 bits per heavy atom. The Bertz CT molecular complexity index is 1520. The molecule has 3 nitrogen and oxygen atoms in total. The van der Waals surface area contributed by atoms with E-state index in [1.165, 1.54) is 19.1 Å². The van der Waals surface area contributed by atoms with Crippen LogP contribution in [0.5, 0.6) is 0 Å². The van der Waals surface area contributed by atoms with Crippen LogP contribution in [0.15, 0.2) is 37.2 Å². The van der Waals surface area contributed by atoms with Crippen LogP contribution in [-0.4, -0.2) is 41.1 Å². The molecule has 5 aliphatic carbocycles. The number of rotatable bonds is 1. The lowest BCUT2D eigenvalue weighted by Crippen LogP contribution is -2.53. The van der Waals surface area contributed by atoms with Gasteiger partial charge in [-0.15, -0.1) is 46.4 Å². The Kier molecular flexibility index (Phi) is 6.13. The summed E-state index contributed by atoms with van der Waals surface area (Å²) in [5, 5.41) is -0.397. The molecule has 16 heteroatoms. The van der Waals surface area contributed by atoms with Crippen LogP contribution in [0, 0.1) is 18.8 Å². The zero-order chi connectivity index (χ0) is 27.8. The fraction of sp³-hybridized carbons (Fsp3) is 0.524. The number of hydrogen-bond donors (Lipinski definition) is 1. The van der Waals surface area contributed by atoms with Crippen molar-refractivity contribution >= 4 is 149 Å². The second-order valence-corrected chi connectivity index (χ2v) is 17.9. The van der Waals surface area contributed by atoms with Crippen molar-refractivity contribution in [3.8, 4) is 0 Å². The summed E-state index contributed by atoms with van der Waals surface area (Å²) in [6.45, 7) is 1.49. The second-order valence-electron chi connectivity index (χ2n) is 9.98. The predicted octanol–water partition coefficient (Wildman–Crippen LogP) is 9.35. The average Bonchev–Trinajstić information content (AvgIpc) is 3.12. The van der Waals surface area contributed by atoms with Crippen molar-refractivity contribution in [2.45, 2.75) is 51.8 Å². The van der Waals surface area contributed by atoms with Crippen molar-refractivity contribution in [2.75, 3.05) is 0 Å². The summed E-state index contributed by atoms with van der Waals surface area (Å²) in [6.07, 6.45) is 0. The highest BCUT2D eigenvalue weighted by Crippen LogP contribution is 2.88. The first kappa shape index (κ1) is 29.2. The number of hydrogen-bond acceptors (Lipinski definition) is 2. The van der Waals surface area contributed by atoms with Crippen LogP contribution >= 0.6 is 139 Å². The van der Waals surface area contributed by atoms with Crippen LogP contribution < -0.4 is 0 Å². The molecule has 2 saturated carbocycles. The van der Waals surface area contributed by atoms with E-state index in [2.05, 4.69) is 0 Å². The van der Waals surface area contributed by atoms with Gasteiger partial charge in [0.15, 0.2) is 8.67 Å². The molecule has 0 saturated heterocycles. The molecule has 1 N–H and O–H groups in total. The fourth-order valence-corrected chi connectivity index (χ4v) is 14.1. The van der Waals surface area contributed by atoms with Gasteiger partial charge in [-0.3, -0.25) is 4.55 Å². The average molecular weight is 768 g/mol. The first-order valence-corrected chi connectivity index (χ1v) is 16.4. The van der Waals surface area contributed by atoms with Crippen molar-refractivity contribution in [1.82, 2.24) is 0 Å². The normalized spacial score (nSPS) is 46.4. The quantitative estimate of drug-likeness (QED) is 0.229. The molecule has 8 atom stereocenters. The maximum Gasteiger partial charge on any atom is 0.294 e. The minimum Gasteiger partial charge on any atom is -0.282 e. The monoisotopic (exact) mass is 762 g/mol. The largest absolute Gasteiger partial charge is 0.294 e. The third-order valence-electron chi connectivity index (χ3n) is 8.70. The van der Waals surface area contributed by atoms with E-state index in [0.29, 0.717) is 5.56 Å². The molecule has 1 aromatic carbocycles. The number of halogens is 12. The zero-order valence-electron chi connectivity index (χ0n) is 17.7. The van der Waals surface area contributed by atoms with Crippen molar-refractivity contribution in [3.63, 3.8) is 0 Å². The molecule has 6 rings (SSSR count). The van der Waals surface area contributed by atoms with E-state index >= 15 is 0 Å². The van der Waals surface area contributed by atoms with E-state index in [0.717, 1.165) is 0 Å². The summed E-state index contributed by atoms with van der Waals surface area (Å²) < 4.78 is 30.5. The van der Waals surface area contributed by atoms with Crippen LogP contribution in [0.25, 0.3) is 0 Å². The summed E-state index contributed by atoms with van der Waals surface area (Å²) >= 11 is 83.3. The van der Waals surface area contributed by atoms with Crippen molar-refractivity contribution in [2.24, 2.45) is 11.8 Å². The highest BCUT2D eigenvalue weighted by atomic mass is 35.5. The van der Waals surface area contributed by atoms with Gasteiger partial charge in [0.25, 0.3) is 10.1 Å². The van der Waals surface area contributed by atoms with Gasteiger partial charge in [0, 0.05) is 23.7 Å². The lowest BCUT2D eigenvalue weighted by molar-refractivity contribution is 0.201. The van der Waals surface area contributed by atoms with Gasteiger partial charge in [0.1, 0.15) is 19.5 Å². The van der Waals surface area contributed by atoms with Gasteiger partial charge in [-0.25, -0.2) is 0 Å². The Morgan fingerprint density at radius 1 is 0.649 bits per heavy atom. The summed E-state index contributed by atoms with van der Waals surface area (Å²) in [5.41, 5.74) is 0.924. The molecule has 0 heterocycles. The van der Waals surface area contributed by atoms with Crippen LogP contribution in [0.3, 0.4) is 0 Å². The first-order chi connectivity index (χ1) is 16.6. The van der Waals surface area contributed by atoms with E-state index in [1.807, 2.05) is 0 Å². The minimum absolute atomic E-state index is 0.0759. The Morgan fingerprint density at radius 3 is 1.32 bits per heavy atom. The highest BCUT2D eigenvalue weighted by Gasteiger charge is 2.91. The van der Waals surface area contributed by atoms with Gasteiger partial charge in [-0.2, -0.15) is 8.42 Å². The lowest BCUT2D eigenvalue weighted by atomic mass is 9.57. The summed E-state index contributed by atoms with van der Waals surface area (Å²) in [4.78, 5) is -7.71. The lowest BCUT2D eigenvalue weighted by Gasteiger charge is -2.52. The Labute approximate surface area is 272 Å². The molecular weight excluding hydrogens is 758 g/mol. The van der Waals surface area contributed by atoms with Gasteiger partial charge < -0.3 is 0 Å². The van der Waals surface area contributed by atoms with Gasteiger partial charge >= 0.3 is 0 Å². The van der Waals surface area contributed by atoms with Crippen LogP contribution in [0.2, 0.25) is 0 Å². The smallest absolute Gasteiger partial charge is 0.282 e. The topological polar surface area (TPSA) is 54.4 Å².